The molecule has 0 atom stereocenters. The van der Waals surface area contributed by atoms with Gasteiger partial charge >= 0.3 is 5.69 Å². The lowest BCUT2D eigenvalue weighted by Gasteiger charge is -2.29. The molecule has 0 spiro atoms. The number of benzene rings is 2. The van der Waals surface area contributed by atoms with Crippen molar-refractivity contribution in [3.05, 3.63) is 92.1 Å². The minimum atomic E-state index is -0.384. The van der Waals surface area contributed by atoms with Crippen molar-refractivity contribution >= 4 is 40.5 Å². The molecule has 7 nitrogen and oxygen atoms in total. The van der Waals surface area contributed by atoms with Crippen LogP contribution >= 0.6 is 11.6 Å². The third kappa shape index (κ3) is 3.44. The number of hydrogen-bond acceptors (Lipinski definition) is 4. The van der Waals surface area contributed by atoms with E-state index in [1.807, 2.05) is 76.2 Å². The van der Waals surface area contributed by atoms with Crippen molar-refractivity contribution in [2.75, 3.05) is 11.4 Å². The van der Waals surface area contributed by atoms with Gasteiger partial charge in [0, 0.05) is 37.4 Å². The van der Waals surface area contributed by atoms with Gasteiger partial charge < -0.3 is 9.47 Å². The fraction of sp³-hybridized carbons (Fsp3) is 0.208. The molecule has 8 heteroatoms. The number of hydrogen-bond donors (Lipinski definition) is 0. The van der Waals surface area contributed by atoms with Gasteiger partial charge in [0.1, 0.15) is 0 Å². The van der Waals surface area contributed by atoms with Gasteiger partial charge in [-0.1, -0.05) is 60.2 Å². The average molecular weight is 448 g/mol. The standard InChI is InChI=1S/C24H22ClN5O2/c1-27-21-20(22(31)30(24(27)32)13-6-10-17-8-3-2-4-9-17)29-15-7-14-28(23(29)26-21)19-12-5-11-18(25)16-19/h2-6,8-12,16H,7,13-15H2,1H3. The van der Waals surface area contributed by atoms with Gasteiger partial charge in [-0.2, -0.15) is 4.98 Å². The largest absolute Gasteiger partial charge is 0.332 e. The van der Waals surface area contributed by atoms with Crippen LogP contribution in [0.25, 0.3) is 17.2 Å². The predicted molar refractivity (Wildman–Crippen MR) is 128 cm³/mol. The van der Waals surface area contributed by atoms with E-state index in [-0.39, 0.29) is 17.8 Å². The van der Waals surface area contributed by atoms with Crippen LogP contribution < -0.4 is 16.1 Å². The Morgan fingerprint density at radius 1 is 1.06 bits per heavy atom. The van der Waals surface area contributed by atoms with Crippen LogP contribution in [0.1, 0.15) is 12.0 Å². The van der Waals surface area contributed by atoms with Crippen LogP contribution in [0.5, 0.6) is 0 Å². The van der Waals surface area contributed by atoms with Crippen LogP contribution in [0.2, 0.25) is 5.02 Å². The van der Waals surface area contributed by atoms with Crippen LogP contribution in [-0.4, -0.2) is 25.2 Å². The molecule has 0 saturated heterocycles. The molecule has 2 aromatic carbocycles. The van der Waals surface area contributed by atoms with Gasteiger partial charge in [-0.25, -0.2) is 4.79 Å². The Labute approximate surface area is 189 Å². The van der Waals surface area contributed by atoms with Crippen molar-refractivity contribution in [3.8, 4) is 0 Å². The minimum Gasteiger partial charge on any atom is -0.312 e. The molecule has 1 aliphatic rings. The fourth-order valence-electron chi connectivity index (χ4n) is 4.17. The van der Waals surface area contributed by atoms with Gasteiger partial charge in [-0.3, -0.25) is 13.9 Å². The van der Waals surface area contributed by atoms with E-state index in [9.17, 15) is 9.59 Å². The monoisotopic (exact) mass is 447 g/mol. The number of fused-ring (bicyclic) bond motifs is 3. The summed E-state index contributed by atoms with van der Waals surface area (Å²) in [6, 6.07) is 17.3. The van der Waals surface area contributed by atoms with E-state index in [0.717, 1.165) is 24.2 Å². The maximum absolute atomic E-state index is 13.4. The molecule has 0 unspecified atom stereocenters. The highest BCUT2D eigenvalue weighted by molar-refractivity contribution is 6.30. The molecule has 0 radical (unpaired) electrons. The van der Waals surface area contributed by atoms with Crippen LogP contribution in [0.4, 0.5) is 11.6 Å². The normalized spacial score (nSPS) is 13.8. The first-order valence-electron chi connectivity index (χ1n) is 10.5. The van der Waals surface area contributed by atoms with E-state index < -0.39 is 0 Å². The Morgan fingerprint density at radius 3 is 2.66 bits per heavy atom. The van der Waals surface area contributed by atoms with Crippen molar-refractivity contribution < 1.29 is 0 Å². The average Bonchev–Trinajstić information content (AvgIpc) is 3.20. The van der Waals surface area contributed by atoms with Crippen molar-refractivity contribution in [3.63, 3.8) is 0 Å². The number of allylic oxidation sites excluding steroid dienone is 1. The molecule has 0 fully saturated rings. The second-order valence-electron chi connectivity index (χ2n) is 7.79. The number of nitrogens with zero attached hydrogens (tertiary/aromatic N) is 5. The highest BCUT2D eigenvalue weighted by Gasteiger charge is 2.26. The van der Waals surface area contributed by atoms with Crippen molar-refractivity contribution in [1.82, 2.24) is 18.7 Å². The van der Waals surface area contributed by atoms with E-state index in [1.54, 1.807) is 7.05 Å². The molecule has 5 rings (SSSR count). The second-order valence-corrected chi connectivity index (χ2v) is 8.23. The fourth-order valence-corrected chi connectivity index (χ4v) is 4.36. The van der Waals surface area contributed by atoms with Gasteiger partial charge in [-0.05, 0) is 30.2 Å². The number of halogens is 1. The predicted octanol–water partition coefficient (Wildman–Crippen LogP) is 3.81. The zero-order chi connectivity index (χ0) is 22.2. The number of rotatable bonds is 4. The summed E-state index contributed by atoms with van der Waals surface area (Å²) in [6.07, 6.45) is 4.58. The third-order valence-corrected chi connectivity index (χ3v) is 5.97. The molecule has 0 aliphatic carbocycles. The third-order valence-electron chi connectivity index (χ3n) is 5.73. The molecular weight excluding hydrogens is 426 g/mol. The van der Waals surface area contributed by atoms with Crippen LogP contribution in [0, 0.1) is 0 Å². The SMILES string of the molecule is Cn1c(=O)n(CC=Cc2ccccc2)c(=O)c2c1nc1n2CCCN1c1cccc(Cl)c1. The van der Waals surface area contributed by atoms with Gasteiger partial charge in [0.05, 0.1) is 0 Å². The maximum atomic E-state index is 13.4. The highest BCUT2D eigenvalue weighted by Crippen LogP contribution is 2.32. The van der Waals surface area contributed by atoms with Gasteiger partial charge in [0.2, 0.25) is 5.95 Å². The Balaban J connectivity index is 1.61. The zero-order valence-corrected chi connectivity index (χ0v) is 18.4. The van der Waals surface area contributed by atoms with E-state index in [4.69, 9.17) is 16.6 Å². The molecule has 0 amide bonds. The van der Waals surface area contributed by atoms with Crippen LogP contribution in [-0.2, 0) is 20.1 Å². The Morgan fingerprint density at radius 2 is 1.88 bits per heavy atom. The first kappa shape index (κ1) is 20.3. The number of aromatic nitrogens is 4. The van der Waals surface area contributed by atoms with E-state index in [0.29, 0.717) is 28.7 Å². The smallest absolute Gasteiger partial charge is 0.312 e. The number of anilines is 2. The lowest BCUT2D eigenvalue weighted by atomic mass is 10.2. The first-order chi connectivity index (χ1) is 15.5. The molecule has 1 aliphatic heterocycles. The van der Waals surface area contributed by atoms with Crippen molar-refractivity contribution in [2.45, 2.75) is 19.5 Å². The summed E-state index contributed by atoms with van der Waals surface area (Å²) in [6.45, 7) is 1.61. The first-order valence-corrected chi connectivity index (χ1v) is 10.9. The van der Waals surface area contributed by atoms with Gasteiger partial charge in [0.25, 0.3) is 5.56 Å². The lowest BCUT2D eigenvalue weighted by Crippen LogP contribution is -2.39. The summed E-state index contributed by atoms with van der Waals surface area (Å²) >= 11 is 6.20. The summed E-state index contributed by atoms with van der Waals surface area (Å²) < 4.78 is 4.63. The molecule has 0 bridgehead atoms. The van der Waals surface area contributed by atoms with Crippen molar-refractivity contribution in [2.24, 2.45) is 7.05 Å². The molecule has 32 heavy (non-hydrogen) atoms. The van der Waals surface area contributed by atoms with Crippen LogP contribution in [0.15, 0.2) is 70.3 Å². The summed E-state index contributed by atoms with van der Waals surface area (Å²) in [7, 11) is 1.66. The topological polar surface area (TPSA) is 65.1 Å². The Bertz CT molecular complexity index is 1450. The Hall–Kier alpha value is -3.58. The Kier molecular flexibility index (Phi) is 5.19. The summed E-state index contributed by atoms with van der Waals surface area (Å²) in [5.41, 5.74) is 2.05. The molecule has 3 heterocycles. The maximum Gasteiger partial charge on any atom is 0.332 e. The molecule has 162 valence electrons. The molecule has 4 aromatic rings. The van der Waals surface area contributed by atoms with Crippen LogP contribution in [0.3, 0.4) is 0 Å². The molecule has 0 saturated carbocycles. The van der Waals surface area contributed by atoms with E-state index in [1.165, 1.54) is 9.13 Å². The van der Waals surface area contributed by atoms with Crippen molar-refractivity contribution in [1.29, 1.82) is 0 Å². The zero-order valence-electron chi connectivity index (χ0n) is 17.6. The van der Waals surface area contributed by atoms with E-state index in [2.05, 4.69) is 0 Å². The quantitative estimate of drug-likeness (QED) is 0.477. The minimum absolute atomic E-state index is 0.189. The molecule has 2 aromatic heterocycles. The summed E-state index contributed by atoms with van der Waals surface area (Å²) in [5.74, 6) is 0.651. The molecular formula is C24H22ClN5O2. The van der Waals surface area contributed by atoms with Gasteiger partial charge in [-0.15, -0.1) is 0 Å². The summed E-state index contributed by atoms with van der Waals surface area (Å²) in [4.78, 5) is 33.1. The highest BCUT2D eigenvalue weighted by atomic mass is 35.5. The second kappa shape index (κ2) is 8.16. The lowest BCUT2D eigenvalue weighted by molar-refractivity contribution is 0.598. The number of aryl methyl sites for hydroxylation is 2. The van der Waals surface area contributed by atoms with Gasteiger partial charge in [0.15, 0.2) is 11.2 Å². The number of imidazole rings is 1. The summed E-state index contributed by atoms with van der Waals surface area (Å²) in [5, 5.41) is 0.635. The molecule has 0 N–H and O–H groups in total. The van der Waals surface area contributed by atoms with E-state index >= 15 is 0 Å².